The van der Waals surface area contributed by atoms with Crippen molar-refractivity contribution in [1.82, 2.24) is 15.1 Å². The zero-order valence-electron chi connectivity index (χ0n) is 14.0. The average molecular weight is 297 g/mol. The summed E-state index contributed by atoms with van der Waals surface area (Å²) in [7, 11) is 7.81. The number of piperidine rings is 1. The predicted octanol–water partition coefficient (Wildman–Crippen LogP) is 1.09. The number of nitrogens with one attached hydrogen (secondary N) is 1. The van der Waals surface area contributed by atoms with Gasteiger partial charge in [0, 0.05) is 18.6 Å². The Labute approximate surface area is 129 Å². The van der Waals surface area contributed by atoms with E-state index in [0.717, 1.165) is 25.8 Å². The van der Waals surface area contributed by atoms with E-state index in [2.05, 4.69) is 29.2 Å². The second-order valence-corrected chi connectivity index (χ2v) is 6.80. The average Bonchev–Trinajstić information content (AvgIpc) is 2.53. The number of carbonyl (C=O) groups is 1. The van der Waals surface area contributed by atoms with Crippen LogP contribution in [0.15, 0.2) is 0 Å². The van der Waals surface area contributed by atoms with Gasteiger partial charge in [-0.3, -0.25) is 9.69 Å². The van der Waals surface area contributed by atoms with Gasteiger partial charge in [0.1, 0.15) is 5.54 Å². The first-order valence-corrected chi connectivity index (χ1v) is 8.20. The number of esters is 1. The number of rotatable bonds is 4. The van der Waals surface area contributed by atoms with Crippen molar-refractivity contribution >= 4 is 5.97 Å². The minimum absolute atomic E-state index is 0.108. The molecule has 1 N–H and O–H groups in total. The van der Waals surface area contributed by atoms with Crippen molar-refractivity contribution in [2.45, 2.75) is 56.1 Å². The van der Waals surface area contributed by atoms with Gasteiger partial charge in [-0.1, -0.05) is 0 Å². The third-order valence-corrected chi connectivity index (χ3v) is 5.53. The van der Waals surface area contributed by atoms with Gasteiger partial charge in [0.25, 0.3) is 0 Å². The van der Waals surface area contributed by atoms with E-state index in [0.29, 0.717) is 12.1 Å². The van der Waals surface area contributed by atoms with Gasteiger partial charge in [-0.05, 0) is 66.2 Å². The Hall–Kier alpha value is -0.650. The highest BCUT2D eigenvalue weighted by Crippen LogP contribution is 2.33. The van der Waals surface area contributed by atoms with Gasteiger partial charge in [-0.25, -0.2) is 0 Å². The summed E-state index contributed by atoms with van der Waals surface area (Å²) < 4.78 is 5.05. The first-order chi connectivity index (χ1) is 10.0. The van der Waals surface area contributed by atoms with Crippen LogP contribution in [0.2, 0.25) is 0 Å². The lowest BCUT2D eigenvalue weighted by molar-refractivity contribution is -0.151. The van der Waals surface area contributed by atoms with Crippen molar-refractivity contribution in [1.29, 1.82) is 0 Å². The minimum atomic E-state index is -0.494. The second kappa shape index (κ2) is 7.07. The van der Waals surface area contributed by atoms with Crippen molar-refractivity contribution in [2.75, 3.05) is 41.3 Å². The maximum Gasteiger partial charge on any atom is 0.326 e. The molecule has 1 aliphatic heterocycles. The van der Waals surface area contributed by atoms with Gasteiger partial charge >= 0.3 is 5.97 Å². The Morgan fingerprint density at radius 3 is 2.67 bits per heavy atom. The zero-order valence-corrected chi connectivity index (χ0v) is 14.0. The number of likely N-dealkylation sites (tertiary alicyclic amines) is 1. The topological polar surface area (TPSA) is 44.8 Å². The molecule has 3 atom stereocenters. The number of methoxy groups -OCH3 is 1. The minimum Gasteiger partial charge on any atom is -0.468 e. The molecule has 122 valence electrons. The maximum absolute atomic E-state index is 12.2. The highest BCUT2D eigenvalue weighted by Gasteiger charge is 2.44. The Morgan fingerprint density at radius 1 is 1.33 bits per heavy atom. The van der Waals surface area contributed by atoms with Crippen LogP contribution in [-0.2, 0) is 9.53 Å². The van der Waals surface area contributed by atoms with E-state index in [1.165, 1.54) is 32.9 Å². The molecule has 1 heterocycles. The molecule has 0 bridgehead atoms. The van der Waals surface area contributed by atoms with E-state index in [-0.39, 0.29) is 5.97 Å². The fraction of sp³-hybridized carbons (Fsp3) is 0.938. The van der Waals surface area contributed by atoms with Crippen molar-refractivity contribution in [3.05, 3.63) is 0 Å². The summed E-state index contributed by atoms with van der Waals surface area (Å²) in [5.41, 5.74) is -0.494. The Bertz CT molecular complexity index is 363. The van der Waals surface area contributed by atoms with E-state index in [9.17, 15) is 4.79 Å². The quantitative estimate of drug-likeness (QED) is 0.787. The van der Waals surface area contributed by atoms with Crippen LogP contribution < -0.4 is 5.32 Å². The first kappa shape index (κ1) is 16.7. The molecule has 1 aliphatic carbocycles. The molecule has 2 aliphatic rings. The summed E-state index contributed by atoms with van der Waals surface area (Å²) in [6.45, 7) is 2.34. The van der Waals surface area contributed by atoms with Crippen LogP contribution >= 0.6 is 0 Å². The fourth-order valence-electron chi connectivity index (χ4n) is 4.07. The summed E-state index contributed by atoms with van der Waals surface area (Å²) in [5.74, 6) is -0.108. The molecule has 0 aromatic rings. The van der Waals surface area contributed by atoms with Crippen molar-refractivity contribution in [3.63, 3.8) is 0 Å². The SMILES string of the molecule is CNC1(C(=O)OC)CCCC(N(C)C2CCCN(C)C2)C1. The van der Waals surface area contributed by atoms with Crippen LogP contribution in [0, 0.1) is 0 Å². The van der Waals surface area contributed by atoms with Crippen molar-refractivity contribution in [3.8, 4) is 0 Å². The number of ether oxygens (including phenoxy) is 1. The maximum atomic E-state index is 12.2. The molecule has 21 heavy (non-hydrogen) atoms. The van der Waals surface area contributed by atoms with Gasteiger partial charge < -0.3 is 15.0 Å². The Morgan fingerprint density at radius 2 is 2.05 bits per heavy atom. The second-order valence-electron chi connectivity index (χ2n) is 6.80. The van der Waals surface area contributed by atoms with E-state index < -0.39 is 5.54 Å². The van der Waals surface area contributed by atoms with Gasteiger partial charge in [0.2, 0.25) is 0 Å². The first-order valence-electron chi connectivity index (χ1n) is 8.20. The third kappa shape index (κ3) is 3.58. The summed E-state index contributed by atoms with van der Waals surface area (Å²) in [6.07, 6.45) is 6.52. The molecule has 0 aromatic carbocycles. The van der Waals surface area contributed by atoms with E-state index in [1.54, 1.807) is 0 Å². The molecular weight excluding hydrogens is 266 g/mol. The van der Waals surface area contributed by atoms with Gasteiger partial charge in [-0.15, -0.1) is 0 Å². The number of carbonyl (C=O) groups excluding carboxylic acids is 1. The monoisotopic (exact) mass is 297 g/mol. The third-order valence-electron chi connectivity index (χ3n) is 5.53. The Balaban J connectivity index is 2.04. The lowest BCUT2D eigenvalue weighted by atomic mass is 9.78. The molecule has 5 heteroatoms. The van der Waals surface area contributed by atoms with E-state index in [4.69, 9.17) is 4.74 Å². The molecule has 2 rings (SSSR count). The largest absolute Gasteiger partial charge is 0.468 e. The predicted molar refractivity (Wildman–Crippen MR) is 84.3 cm³/mol. The lowest BCUT2D eigenvalue weighted by Gasteiger charge is -2.46. The molecule has 3 unspecified atom stereocenters. The summed E-state index contributed by atoms with van der Waals surface area (Å²) in [4.78, 5) is 17.1. The number of hydrogen-bond donors (Lipinski definition) is 1. The van der Waals surface area contributed by atoms with Gasteiger partial charge in [-0.2, -0.15) is 0 Å². The normalized spacial score (nSPS) is 34.9. The van der Waals surface area contributed by atoms with E-state index >= 15 is 0 Å². The Kier molecular flexibility index (Phi) is 5.63. The molecule has 2 fully saturated rings. The highest BCUT2D eigenvalue weighted by molar-refractivity contribution is 5.81. The van der Waals surface area contributed by atoms with Gasteiger partial charge in [0.05, 0.1) is 7.11 Å². The smallest absolute Gasteiger partial charge is 0.326 e. The molecule has 1 saturated heterocycles. The van der Waals surface area contributed by atoms with Crippen LogP contribution in [0.4, 0.5) is 0 Å². The van der Waals surface area contributed by atoms with Crippen LogP contribution in [0.3, 0.4) is 0 Å². The van der Waals surface area contributed by atoms with Crippen LogP contribution in [0.5, 0.6) is 0 Å². The van der Waals surface area contributed by atoms with Crippen LogP contribution in [-0.4, -0.2) is 74.7 Å². The molecule has 0 spiro atoms. The van der Waals surface area contributed by atoms with Crippen molar-refractivity contribution < 1.29 is 9.53 Å². The standard InChI is InChI=1S/C16H31N3O2/c1-17-16(15(20)21-4)9-5-7-13(11-16)19(3)14-8-6-10-18(2)12-14/h13-14,17H,5-12H2,1-4H3. The molecule has 0 radical (unpaired) electrons. The number of hydrogen-bond acceptors (Lipinski definition) is 5. The summed E-state index contributed by atoms with van der Waals surface area (Å²) in [6, 6.07) is 1.07. The zero-order chi connectivity index (χ0) is 15.5. The van der Waals surface area contributed by atoms with Crippen molar-refractivity contribution in [2.24, 2.45) is 0 Å². The van der Waals surface area contributed by atoms with E-state index in [1.807, 2.05) is 7.05 Å². The highest BCUT2D eigenvalue weighted by atomic mass is 16.5. The number of likely N-dealkylation sites (N-methyl/N-ethyl adjacent to an activating group) is 3. The fourth-order valence-corrected chi connectivity index (χ4v) is 4.07. The molecule has 0 aromatic heterocycles. The molecule has 0 amide bonds. The molecule has 5 nitrogen and oxygen atoms in total. The van der Waals surface area contributed by atoms with Crippen LogP contribution in [0.25, 0.3) is 0 Å². The summed E-state index contributed by atoms with van der Waals surface area (Å²) in [5, 5.41) is 3.25. The number of nitrogens with zero attached hydrogens (tertiary/aromatic N) is 2. The summed E-state index contributed by atoms with van der Waals surface area (Å²) >= 11 is 0. The lowest BCUT2D eigenvalue weighted by Crippen LogP contribution is -2.59. The molecular formula is C16H31N3O2. The van der Waals surface area contributed by atoms with Gasteiger partial charge in [0.15, 0.2) is 0 Å². The van der Waals surface area contributed by atoms with Crippen LogP contribution in [0.1, 0.15) is 38.5 Å². The molecule has 1 saturated carbocycles.